The molecular formula is C23H30N4O2. The molecule has 1 aromatic carbocycles. The Labute approximate surface area is 172 Å². The molecule has 1 aromatic heterocycles. The predicted octanol–water partition coefficient (Wildman–Crippen LogP) is 4.74. The van der Waals surface area contributed by atoms with Crippen molar-refractivity contribution in [3.8, 4) is 6.07 Å². The molecular weight excluding hydrogens is 364 g/mol. The van der Waals surface area contributed by atoms with Crippen LogP contribution >= 0.6 is 0 Å². The number of rotatable bonds is 9. The predicted molar refractivity (Wildman–Crippen MR) is 114 cm³/mol. The number of anilines is 1. The first-order valence-corrected chi connectivity index (χ1v) is 10.8. The van der Waals surface area contributed by atoms with Gasteiger partial charge in [-0.2, -0.15) is 5.26 Å². The van der Waals surface area contributed by atoms with E-state index in [0.717, 1.165) is 50.7 Å². The molecule has 6 nitrogen and oxygen atoms in total. The molecule has 0 aliphatic carbocycles. The first kappa shape index (κ1) is 21.0. The Hall–Kier alpha value is -2.68. The lowest BCUT2D eigenvalue weighted by Gasteiger charge is -2.29. The first-order chi connectivity index (χ1) is 14.2. The van der Waals surface area contributed by atoms with Crippen molar-refractivity contribution in [3.05, 3.63) is 30.0 Å². The molecule has 1 saturated heterocycles. The highest BCUT2D eigenvalue weighted by Crippen LogP contribution is 2.29. The summed E-state index contributed by atoms with van der Waals surface area (Å²) in [6.45, 7) is 4.25. The third kappa shape index (κ3) is 5.44. The van der Waals surface area contributed by atoms with Crippen LogP contribution in [0.15, 0.2) is 24.3 Å². The molecule has 29 heavy (non-hydrogen) atoms. The van der Waals surface area contributed by atoms with Crippen LogP contribution in [0, 0.1) is 11.3 Å². The van der Waals surface area contributed by atoms with Crippen LogP contribution in [-0.2, 0) is 9.53 Å². The number of unbranched alkanes of at least 4 members (excludes halogenated alkanes) is 4. The number of para-hydroxylation sites is 2. The van der Waals surface area contributed by atoms with Crippen LogP contribution in [0.5, 0.6) is 0 Å². The molecule has 0 bridgehead atoms. The number of hydrogen-bond acceptors (Lipinski definition) is 6. The van der Waals surface area contributed by atoms with Gasteiger partial charge >= 0.3 is 5.97 Å². The van der Waals surface area contributed by atoms with Crippen molar-refractivity contribution in [1.82, 2.24) is 9.97 Å². The highest BCUT2D eigenvalue weighted by molar-refractivity contribution is 5.85. The van der Waals surface area contributed by atoms with Gasteiger partial charge in [0.05, 0.1) is 23.7 Å². The molecule has 1 aliphatic heterocycles. The second-order valence-corrected chi connectivity index (χ2v) is 7.61. The molecule has 0 unspecified atom stereocenters. The van der Waals surface area contributed by atoms with Crippen LogP contribution in [-0.4, -0.2) is 35.6 Å². The van der Waals surface area contributed by atoms with Gasteiger partial charge in [-0.05, 0) is 37.8 Å². The molecule has 1 aliphatic rings. The fourth-order valence-corrected chi connectivity index (χ4v) is 3.72. The van der Waals surface area contributed by atoms with E-state index in [-0.39, 0.29) is 0 Å². The highest BCUT2D eigenvalue weighted by atomic mass is 16.5. The van der Waals surface area contributed by atoms with Crippen molar-refractivity contribution >= 4 is 22.8 Å². The van der Waals surface area contributed by atoms with Crippen molar-refractivity contribution in [2.75, 3.05) is 24.6 Å². The Morgan fingerprint density at radius 3 is 2.48 bits per heavy atom. The number of fused-ring (bicyclic) bond motifs is 1. The summed E-state index contributed by atoms with van der Waals surface area (Å²) in [5.41, 5.74) is 1.89. The summed E-state index contributed by atoms with van der Waals surface area (Å²) in [5, 5.41) is 9.78. The first-order valence-electron chi connectivity index (χ1n) is 10.8. The van der Waals surface area contributed by atoms with Gasteiger partial charge in [-0.1, -0.05) is 44.7 Å². The molecule has 0 spiro atoms. The quantitative estimate of drug-likeness (QED) is 0.451. The van der Waals surface area contributed by atoms with Crippen LogP contribution in [0.1, 0.15) is 69.9 Å². The lowest BCUT2D eigenvalue weighted by molar-refractivity contribution is -0.144. The number of benzene rings is 1. The van der Waals surface area contributed by atoms with Crippen molar-refractivity contribution in [2.24, 2.45) is 0 Å². The zero-order valence-corrected chi connectivity index (χ0v) is 17.3. The number of ether oxygens (including phenoxy) is 1. The summed E-state index contributed by atoms with van der Waals surface area (Å²) in [4.78, 5) is 24.3. The van der Waals surface area contributed by atoms with Crippen molar-refractivity contribution in [3.63, 3.8) is 0 Å². The monoisotopic (exact) mass is 394 g/mol. The zero-order chi connectivity index (χ0) is 20.5. The SMILES string of the molecule is CCCCCCCOC(=O)[C@H](C#N)c1nc2ccccc2nc1N1CCCCC1. The van der Waals surface area contributed by atoms with Crippen LogP contribution in [0.4, 0.5) is 5.82 Å². The topological polar surface area (TPSA) is 79.1 Å². The number of piperidine rings is 1. The van der Waals surface area contributed by atoms with E-state index >= 15 is 0 Å². The minimum Gasteiger partial charge on any atom is -0.464 e. The van der Waals surface area contributed by atoms with Gasteiger partial charge in [-0.15, -0.1) is 0 Å². The fraction of sp³-hybridized carbons (Fsp3) is 0.565. The summed E-state index contributed by atoms with van der Waals surface area (Å²) < 4.78 is 5.44. The van der Waals surface area contributed by atoms with Gasteiger partial charge in [0.1, 0.15) is 5.69 Å². The highest BCUT2D eigenvalue weighted by Gasteiger charge is 2.30. The Kier molecular flexibility index (Phi) is 7.80. The minimum atomic E-state index is -1.06. The number of carbonyl (C=O) groups is 1. The number of nitrogens with zero attached hydrogens (tertiary/aromatic N) is 4. The molecule has 1 atom stereocenters. The van der Waals surface area contributed by atoms with Crippen molar-refractivity contribution in [2.45, 2.75) is 64.2 Å². The van der Waals surface area contributed by atoms with E-state index < -0.39 is 11.9 Å². The van der Waals surface area contributed by atoms with Gasteiger partial charge in [0.2, 0.25) is 0 Å². The number of carbonyl (C=O) groups excluding carboxylic acids is 1. The summed E-state index contributed by atoms with van der Waals surface area (Å²) in [6, 6.07) is 9.70. The molecule has 6 heteroatoms. The van der Waals surface area contributed by atoms with Gasteiger partial charge in [-0.3, -0.25) is 4.79 Å². The number of hydrogen-bond donors (Lipinski definition) is 0. The van der Waals surface area contributed by atoms with E-state index in [1.807, 2.05) is 24.3 Å². The maximum absolute atomic E-state index is 12.7. The Bertz CT molecular complexity index is 856. The molecule has 2 heterocycles. The molecule has 0 saturated carbocycles. The zero-order valence-electron chi connectivity index (χ0n) is 17.3. The van der Waals surface area contributed by atoms with Gasteiger partial charge in [0.15, 0.2) is 11.7 Å². The number of nitriles is 1. The number of aromatic nitrogens is 2. The van der Waals surface area contributed by atoms with E-state index in [0.29, 0.717) is 23.6 Å². The Morgan fingerprint density at radius 2 is 1.79 bits per heavy atom. The molecule has 0 N–H and O–H groups in total. The van der Waals surface area contributed by atoms with E-state index in [4.69, 9.17) is 9.72 Å². The van der Waals surface area contributed by atoms with Gasteiger partial charge < -0.3 is 9.64 Å². The summed E-state index contributed by atoms with van der Waals surface area (Å²) in [5.74, 6) is -0.930. The lowest BCUT2D eigenvalue weighted by atomic mass is 10.0. The maximum atomic E-state index is 12.7. The smallest absolute Gasteiger partial charge is 0.329 e. The van der Waals surface area contributed by atoms with Gasteiger partial charge in [0.25, 0.3) is 0 Å². The molecule has 154 valence electrons. The summed E-state index contributed by atoms with van der Waals surface area (Å²) in [7, 11) is 0. The maximum Gasteiger partial charge on any atom is 0.329 e. The summed E-state index contributed by atoms with van der Waals surface area (Å²) in [6.07, 6.45) is 8.72. The Morgan fingerprint density at radius 1 is 1.10 bits per heavy atom. The Balaban J connectivity index is 1.80. The molecule has 1 fully saturated rings. The van der Waals surface area contributed by atoms with Crippen LogP contribution in [0.2, 0.25) is 0 Å². The minimum absolute atomic E-state index is 0.348. The third-order valence-corrected chi connectivity index (χ3v) is 5.36. The van der Waals surface area contributed by atoms with Crippen molar-refractivity contribution in [1.29, 1.82) is 5.26 Å². The molecule has 2 aromatic rings. The average molecular weight is 395 g/mol. The van der Waals surface area contributed by atoms with E-state index in [2.05, 4.69) is 22.9 Å². The normalized spacial score (nSPS) is 15.1. The van der Waals surface area contributed by atoms with Crippen LogP contribution < -0.4 is 4.90 Å². The largest absolute Gasteiger partial charge is 0.464 e. The van der Waals surface area contributed by atoms with E-state index in [1.54, 1.807) is 0 Å². The standard InChI is InChI=1S/C23H30N4O2/c1-2-3-4-5-11-16-29-23(28)18(17-24)21-22(27-14-9-6-10-15-27)26-20-13-8-7-12-19(20)25-21/h7-8,12-13,18H,2-6,9-11,14-16H2,1H3/t18-/m1/s1. The van der Waals surface area contributed by atoms with Gasteiger partial charge in [0, 0.05) is 13.1 Å². The van der Waals surface area contributed by atoms with Gasteiger partial charge in [-0.25, -0.2) is 9.97 Å². The number of esters is 1. The lowest BCUT2D eigenvalue weighted by Crippen LogP contribution is -2.32. The van der Waals surface area contributed by atoms with E-state index in [9.17, 15) is 10.1 Å². The summed E-state index contributed by atoms with van der Waals surface area (Å²) >= 11 is 0. The van der Waals surface area contributed by atoms with Crippen LogP contribution in [0.3, 0.4) is 0 Å². The van der Waals surface area contributed by atoms with Crippen LogP contribution in [0.25, 0.3) is 11.0 Å². The molecule has 0 amide bonds. The molecule has 0 radical (unpaired) electrons. The fourth-order valence-electron chi connectivity index (χ4n) is 3.72. The molecule has 3 rings (SSSR count). The third-order valence-electron chi connectivity index (χ3n) is 5.36. The second-order valence-electron chi connectivity index (χ2n) is 7.61. The van der Waals surface area contributed by atoms with E-state index in [1.165, 1.54) is 19.3 Å². The van der Waals surface area contributed by atoms with Crippen molar-refractivity contribution < 1.29 is 9.53 Å². The average Bonchev–Trinajstić information content (AvgIpc) is 2.77. The second kappa shape index (κ2) is 10.8.